The van der Waals surface area contributed by atoms with Crippen LogP contribution in [0.5, 0.6) is 0 Å². The van der Waals surface area contributed by atoms with E-state index in [1.54, 1.807) is 28.0 Å². The zero-order chi connectivity index (χ0) is 31.4. The summed E-state index contributed by atoms with van der Waals surface area (Å²) in [5.74, 6) is -3.39. The third-order valence-electron chi connectivity index (χ3n) is 9.15. The molecule has 0 aromatic heterocycles. The Morgan fingerprint density at radius 1 is 0.933 bits per heavy atom. The number of amides is 3. The first-order chi connectivity index (χ1) is 21.9. The molecule has 2 aromatic carbocycles. The number of hydrogen-bond donors (Lipinski definition) is 2. The van der Waals surface area contributed by atoms with Gasteiger partial charge in [0.2, 0.25) is 17.7 Å². The first-order valence-corrected chi connectivity index (χ1v) is 15.7. The maximum atomic E-state index is 14.4. The highest BCUT2D eigenvalue weighted by Crippen LogP contribution is 2.53. The number of aliphatic hydroxyl groups excluding tert-OH is 1. The number of fused-ring (bicyclic) bond motifs is 2. The van der Waals surface area contributed by atoms with Crippen molar-refractivity contribution in [2.75, 3.05) is 26.2 Å². The summed E-state index contributed by atoms with van der Waals surface area (Å²) in [6, 6.07) is 17.8. The maximum Gasteiger partial charge on any atom is 0.313 e. The summed E-state index contributed by atoms with van der Waals surface area (Å²) in [6.07, 6.45) is 7.19. The number of benzene rings is 2. The van der Waals surface area contributed by atoms with E-state index >= 15 is 0 Å². The number of rotatable bonds is 7. The number of hydrogen-bond acceptors (Lipinski definition) is 7. The lowest BCUT2D eigenvalue weighted by Crippen LogP contribution is -2.55. The number of aliphatic hydroxyl groups is 1. The van der Waals surface area contributed by atoms with E-state index in [4.69, 9.17) is 9.47 Å². The number of nitrogens with zero attached hydrogens (tertiary/aromatic N) is 2. The van der Waals surface area contributed by atoms with Crippen LogP contribution in [0.3, 0.4) is 0 Å². The van der Waals surface area contributed by atoms with Crippen LogP contribution >= 0.6 is 0 Å². The molecule has 4 aliphatic heterocycles. The zero-order valence-electron chi connectivity index (χ0n) is 25.1. The molecule has 0 radical (unpaired) electrons. The third-order valence-corrected chi connectivity index (χ3v) is 9.15. The summed E-state index contributed by atoms with van der Waals surface area (Å²) in [6.45, 7) is 0.966. The summed E-state index contributed by atoms with van der Waals surface area (Å²) < 4.78 is 12.9. The van der Waals surface area contributed by atoms with Gasteiger partial charge >= 0.3 is 5.97 Å². The molecule has 0 unspecified atom stereocenters. The normalized spacial score (nSPS) is 30.7. The molecule has 2 aromatic rings. The Hall–Kier alpha value is -4.28. The summed E-state index contributed by atoms with van der Waals surface area (Å²) >= 11 is 0. The Balaban J connectivity index is 1.39. The van der Waals surface area contributed by atoms with Gasteiger partial charge in [0.25, 0.3) is 0 Å². The topological polar surface area (TPSA) is 125 Å². The van der Waals surface area contributed by atoms with Gasteiger partial charge in [0, 0.05) is 32.7 Å². The Morgan fingerprint density at radius 2 is 1.69 bits per heavy atom. The predicted octanol–water partition coefficient (Wildman–Crippen LogP) is 2.69. The van der Waals surface area contributed by atoms with E-state index in [0.29, 0.717) is 37.9 Å². The molecule has 236 valence electrons. The van der Waals surface area contributed by atoms with Crippen LogP contribution < -0.4 is 5.32 Å². The lowest BCUT2D eigenvalue weighted by atomic mass is 9.78. The van der Waals surface area contributed by atoms with Crippen molar-refractivity contribution in [2.45, 2.75) is 56.1 Å². The van der Waals surface area contributed by atoms with Crippen LogP contribution in [0.2, 0.25) is 0 Å². The number of carbonyl (C=O) groups is 4. The summed E-state index contributed by atoms with van der Waals surface area (Å²) in [5.41, 5.74) is 0.276. The minimum atomic E-state index is -1.39. The van der Waals surface area contributed by atoms with E-state index in [9.17, 15) is 24.3 Å². The van der Waals surface area contributed by atoms with Gasteiger partial charge in [0.1, 0.15) is 23.7 Å². The van der Waals surface area contributed by atoms with Crippen LogP contribution in [-0.4, -0.2) is 82.6 Å². The molecular formula is C35H39N3O7. The molecule has 4 heterocycles. The van der Waals surface area contributed by atoms with Crippen LogP contribution in [0, 0.1) is 11.8 Å². The molecule has 3 amide bonds. The van der Waals surface area contributed by atoms with Crippen molar-refractivity contribution in [1.82, 2.24) is 15.1 Å². The average Bonchev–Trinajstić information content (AvgIpc) is 3.44. The molecular weight excluding hydrogens is 574 g/mol. The van der Waals surface area contributed by atoms with E-state index in [1.807, 2.05) is 66.7 Å². The number of allylic oxidation sites excluding steroid dienone is 1. The van der Waals surface area contributed by atoms with E-state index in [2.05, 4.69) is 5.32 Å². The van der Waals surface area contributed by atoms with Crippen molar-refractivity contribution < 1.29 is 33.8 Å². The Bertz CT molecular complexity index is 1460. The molecule has 0 saturated carbocycles. The summed E-state index contributed by atoms with van der Waals surface area (Å²) in [7, 11) is 0. The molecule has 45 heavy (non-hydrogen) atoms. The van der Waals surface area contributed by atoms with E-state index < -0.39 is 41.7 Å². The first kappa shape index (κ1) is 30.7. The van der Waals surface area contributed by atoms with Gasteiger partial charge in [-0.05, 0) is 30.4 Å². The van der Waals surface area contributed by atoms with Gasteiger partial charge < -0.3 is 29.7 Å². The molecule has 6 rings (SSSR count). The highest BCUT2D eigenvalue weighted by Gasteiger charge is 2.71. The third kappa shape index (κ3) is 6.04. The molecule has 10 heteroatoms. The van der Waals surface area contributed by atoms with Crippen LogP contribution in [0.4, 0.5) is 0 Å². The first-order valence-electron chi connectivity index (χ1n) is 15.7. The van der Waals surface area contributed by atoms with Gasteiger partial charge in [-0.2, -0.15) is 0 Å². The fourth-order valence-electron chi connectivity index (χ4n) is 7.03. The highest BCUT2D eigenvalue weighted by atomic mass is 16.6. The molecule has 0 bridgehead atoms. The van der Waals surface area contributed by atoms with Crippen LogP contribution in [-0.2, 0) is 35.2 Å². The number of ether oxygens (including phenoxy) is 2. The quantitative estimate of drug-likeness (QED) is 0.280. The van der Waals surface area contributed by atoms with Crippen molar-refractivity contribution in [3.05, 3.63) is 96.1 Å². The van der Waals surface area contributed by atoms with Crippen molar-refractivity contribution >= 4 is 23.7 Å². The lowest BCUT2D eigenvalue weighted by molar-refractivity contribution is -0.160. The molecule has 2 saturated heterocycles. The predicted molar refractivity (Wildman–Crippen MR) is 164 cm³/mol. The van der Waals surface area contributed by atoms with Crippen molar-refractivity contribution in [3.8, 4) is 0 Å². The second kappa shape index (κ2) is 13.4. The molecule has 0 aliphatic carbocycles. The minimum Gasteiger partial charge on any atom is -0.455 e. The summed E-state index contributed by atoms with van der Waals surface area (Å²) in [4.78, 5) is 58.9. The second-order valence-corrected chi connectivity index (χ2v) is 12.0. The average molecular weight is 614 g/mol. The van der Waals surface area contributed by atoms with Crippen LogP contribution in [0.1, 0.15) is 42.9 Å². The molecule has 10 nitrogen and oxygen atoms in total. The number of carbonyl (C=O) groups excluding carboxylic acids is 4. The van der Waals surface area contributed by atoms with E-state index in [0.717, 1.165) is 5.56 Å². The number of cyclic esters (lactones) is 1. The molecule has 1 spiro atoms. The summed E-state index contributed by atoms with van der Waals surface area (Å²) in [5, 5.41) is 12.3. The number of nitrogens with one attached hydrogen (secondary N) is 1. The van der Waals surface area contributed by atoms with E-state index in [-0.39, 0.29) is 43.8 Å². The molecule has 6 atom stereocenters. The molecule has 2 fully saturated rings. The monoisotopic (exact) mass is 613 g/mol. The SMILES string of the molecule is O=C1CC/C=C\[C@H]2O[C@]34C=CCN(Cc5ccccc5)C(=O)[C@H]3N(CCCCO)C(=O)[C@@H]4[C@H]2C(=O)O[C@H](c2ccccc2)CN1. The van der Waals surface area contributed by atoms with E-state index in [1.165, 1.54) is 0 Å². The van der Waals surface area contributed by atoms with Crippen LogP contribution in [0.25, 0.3) is 0 Å². The van der Waals surface area contributed by atoms with Crippen molar-refractivity contribution in [1.29, 1.82) is 0 Å². The van der Waals surface area contributed by atoms with Crippen molar-refractivity contribution in [3.63, 3.8) is 0 Å². The fraction of sp³-hybridized carbons (Fsp3) is 0.429. The number of likely N-dealkylation sites (tertiary alicyclic amines) is 1. The maximum absolute atomic E-state index is 14.4. The minimum absolute atomic E-state index is 0.0367. The number of unbranched alkanes of at least 4 members (excludes halogenated alkanes) is 1. The van der Waals surface area contributed by atoms with Crippen molar-refractivity contribution in [2.24, 2.45) is 11.8 Å². The Labute approximate surface area is 262 Å². The van der Waals surface area contributed by atoms with Crippen LogP contribution in [0.15, 0.2) is 85.0 Å². The molecule has 4 aliphatic rings. The Kier molecular flexibility index (Phi) is 9.14. The standard InChI is InChI=1S/C35H39N3O7/c39-21-10-9-20-38-31-33(42)37(23-24-12-3-1-4-13-24)19-11-18-35(31)30(32(38)41)29-26(45-35)16-7-8-17-28(40)36-22-27(44-34(29)43)25-14-5-2-6-15-25/h1-7,11-16,18,26-27,29-31,39H,8-10,17,19-23H2,(H,36,40)/b16-7-/t26-,27+,29+,30+,31-,35+/m1/s1. The largest absolute Gasteiger partial charge is 0.455 e. The number of esters is 1. The smallest absolute Gasteiger partial charge is 0.313 e. The van der Waals surface area contributed by atoms with Gasteiger partial charge in [-0.1, -0.05) is 85.0 Å². The lowest BCUT2D eigenvalue weighted by Gasteiger charge is -2.35. The highest BCUT2D eigenvalue weighted by molar-refractivity contribution is 5.99. The molecule has 2 N–H and O–H groups in total. The fourth-order valence-corrected chi connectivity index (χ4v) is 7.03. The Morgan fingerprint density at radius 3 is 2.44 bits per heavy atom. The van der Waals surface area contributed by atoms with Gasteiger partial charge in [-0.3, -0.25) is 19.2 Å². The van der Waals surface area contributed by atoms with Gasteiger partial charge in [0.05, 0.1) is 18.6 Å². The van der Waals surface area contributed by atoms with Gasteiger partial charge in [-0.15, -0.1) is 0 Å². The van der Waals surface area contributed by atoms with Gasteiger partial charge in [-0.25, -0.2) is 0 Å². The second-order valence-electron chi connectivity index (χ2n) is 12.0. The van der Waals surface area contributed by atoms with Gasteiger partial charge in [0.15, 0.2) is 0 Å². The zero-order valence-corrected chi connectivity index (χ0v) is 25.1.